The molecule has 1 N–H and O–H groups in total. The topological polar surface area (TPSA) is 86.0 Å². The number of carbonyl (C=O) groups is 1. The number of hydrogen-bond donors (Lipinski definition) is 1. The summed E-state index contributed by atoms with van der Waals surface area (Å²) in [5.74, 6) is -0.941. The fourth-order valence-corrected chi connectivity index (χ4v) is 3.90. The number of rotatable bonds is 5. The van der Waals surface area contributed by atoms with Crippen molar-refractivity contribution in [3.05, 3.63) is 62.7 Å². The number of halogens is 1. The number of aromatic nitrogens is 3. The molecule has 28 heavy (non-hydrogen) atoms. The molecule has 0 aliphatic rings. The van der Waals surface area contributed by atoms with Crippen LogP contribution >= 0.6 is 11.8 Å². The van der Waals surface area contributed by atoms with Gasteiger partial charge < -0.3 is 5.32 Å². The van der Waals surface area contributed by atoms with Crippen molar-refractivity contribution in [3.8, 4) is 0 Å². The van der Waals surface area contributed by atoms with Gasteiger partial charge in [-0.2, -0.15) is 0 Å². The van der Waals surface area contributed by atoms with Crippen molar-refractivity contribution in [3.63, 3.8) is 0 Å². The molecular formula is C19H19FN4O3S. The van der Waals surface area contributed by atoms with E-state index in [0.717, 1.165) is 10.1 Å². The maximum atomic E-state index is 13.7. The van der Waals surface area contributed by atoms with Gasteiger partial charge in [0.1, 0.15) is 11.5 Å². The Morgan fingerprint density at radius 3 is 2.61 bits per heavy atom. The Hall–Kier alpha value is -2.94. The largest absolute Gasteiger partial charge is 0.332 e. The van der Waals surface area contributed by atoms with Crippen molar-refractivity contribution < 1.29 is 9.18 Å². The summed E-state index contributed by atoms with van der Waals surface area (Å²) in [4.78, 5) is 42.0. The average Bonchev–Trinajstić information content (AvgIpc) is 2.70. The highest BCUT2D eigenvalue weighted by atomic mass is 32.2. The maximum Gasteiger partial charge on any atom is 0.332 e. The van der Waals surface area contributed by atoms with Crippen LogP contribution in [-0.2, 0) is 25.3 Å². The lowest BCUT2D eigenvalue weighted by atomic mass is 10.2. The maximum absolute atomic E-state index is 13.7. The third kappa shape index (κ3) is 3.57. The van der Waals surface area contributed by atoms with Crippen LogP contribution in [-0.4, -0.2) is 25.8 Å². The summed E-state index contributed by atoms with van der Waals surface area (Å²) in [5.41, 5.74) is 0.233. The van der Waals surface area contributed by atoms with Gasteiger partial charge in [-0.3, -0.25) is 18.7 Å². The number of aryl methyl sites for hydroxylation is 2. The van der Waals surface area contributed by atoms with Crippen molar-refractivity contribution in [1.82, 2.24) is 14.1 Å². The van der Waals surface area contributed by atoms with E-state index in [0.29, 0.717) is 16.7 Å². The summed E-state index contributed by atoms with van der Waals surface area (Å²) in [6, 6.07) is 5.90. The fraction of sp³-hybridized carbons (Fsp3) is 0.263. The minimum absolute atomic E-state index is 0.0214. The van der Waals surface area contributed by atoms with Crippen LogP contribution in [0.25, 0.3) is 11.0 Å². The van der Waals surface area contributed by atoms with Crippen LogP contribution in [0.15, 0.2) is 44.9 Å². The Bertz CT molecular complexity index is 1190. The SMILES string of the molecule is CCc1cnc2c(c1SCC(=O)Nc1ccccc1F)c(=O)n(C)c(=O)n2C. The van der Waals surface area contributed by atoms with E-state index in [2.05, 4.69) is 10.3 Å². The molecule has 9 heteroatoms. The average molecular weight is 402 g/mol. The third-order valence-electron chi connectivity index (χ3n) is 4.37. The molecule has 2 heterocycles. The Labute approximate surface area is 164 Å². The molecule has 0 saturated heterocycles. The van der Waals surface area contributed by atoms with Gasteiger partial charge in [-0.25, -0.2) is 14.2 Å². The van der Waals surface area contributed by atoms with Crippen LogP contribution in [0.1, 0.15) is 12.5 Å². The van der Waals surface area contributed by atoms with Gasteiger partial charge in [0.25, 0.3) is 5.56 Å². The van der Waals surface area contributed by atoms with Crippen LogP contribution in [0.5, 0.6) is 0 Å². The smallest absolute Gasteiger partial charge is 0.323 e. The molecule has 0 spiro atoms. The molecule has 0 aliphatic carbocycles. The van der Waals surface area contributed by atoms with Crippen molar-refractivity contribution >= 4 is 34.4 Å². The predicted molar refractivity (Wildman–Crippen MR) is 107 cm³/mol. The standard InChI is InChI=1S/C19H19FN4O3S/c1-4-11-9-21-17-15(18(26)24(3)19(27)23(17)2)16(11)28-10-14(25)22-13-8-6-5-7-12(13)20/h5-9H,4,10H2,1-3H3,(H,22,25). The summed E-state index contributed by atoms with van der Waals surface area (Å²) < 4.78 is 16.0. The first kappa shape index (κ1) is 19.8. The molecule has 1 aromatic carbocycles. The summed E-state index contributed by atoms with van der Waals surface area (Å²) >= 11 is 1.17. The van der Waals surface area contributed by atoms with Crippen molar-refractivity contribution in [2.75, 3.05) is 11.1 Å². The van der Waals surface area contributed by atoms with E-state index in [1.807, 2.05) is 6.92 Å². The first-order valence-corrected chi connectivity index (χ1v) is 9.58. The normalized spacial score (nSPS) is 11.0. The number of pyridine rings is 1. The lowest BCUT2D eigenvalue weighted by Gasteiger charge is -2.13. The van der Waals surface area contributed by atoms with Gasteiger partial charge in [-0.05, 0) is 24.1 Å². The second-order valence-electron chi connectivity index (χ2n) is 6.19. The highest BCUT2D eigenvalue weighted by Gasteiger charge is 2.18. The number of benzene rings is 1. The van der Waals surface area contributed by atoms with Gasteiger partial charge in [-0.15, -0.1) is 11.8 Å². The zero-order valence-electron chi connectivity index (χ0n) is 15.7. The molecule has 0 unspecified atom stereocenters. The summed E-state index contributed by atoms with van der Waals surface area (Å²) in [6.07, 6.45) is 2.21. The highest BCUT2D eigenvalue weighted by molar-refractivity contribution is 8.00. The van der Waals surface area contributed by atoms with E-state index in [9.17, 15) is 18.8 Å². The number of anilines is 1. The van der Waals surface area contributed by atoms with Crippen LogP contribution < -0.4 is 16.6 Å². The Balaban J connectivity index is 1.98. The van der Waals surface area contributed by atoms with Crippen LogP contribution in [0.2, 0.25) is 0 Å². The lowest BCUT2D eigenvalue weighted by Crippen LogP contribution is -2.37. The highest BCUT2D eigenvalue weighted by Crippen LogP contribution is 2.28. The second-order valence-corrected chi connectivity index (χ2v) is 7.17. The van der Waals surface area contributed by atoms with E-state index in [4.69, 9.17) is 0 Å². The first-order valence-electron chi connectivity index (χ1n) is 8.60. The number of hydrogen-bond acceptors (Lipinski definition) is 5. The third-order valence-corrected chi connectivity index (χ3v) is 5.53. The minimum atomic E-state index is -0.520. The number of nitrogens with one attached hydrogen (secondary N) is 1. The number of para-hydroxylation sites is 1. The number of carbonyl (C=O) groups excluding carboxylic acids is 1. The first-order chi connectivity index (χ1) is 13.3. The Morgan fingerprint density at radius 2 is 1.93 bits per heavy atom. The van der Waals surface area contributed by atoms with Gasteiger partial charge >= 0.3 is 5.69 Å². The van der Waals surface area contributed by atoms with E-state index < -0.39 is 23.0 Å². The van der Waals surface area contributed by atoms with E-state index >= 15 is 0 Å². The molecule has 7 nitrogen and oxygen atoms in total. The quantitative estimate of drug-likeness (QED) is 0.661. The molecule has 0 fully saturated rings. The molecule has 0 atom stereocenters. The molecule has 0 aliphatic heterocycles. The minimum Gasteiger partial charge on any atom is -0.323 e. The number of fused-ring (bicyclic) bond motifs is 1. The molecule has 0 radical (unpaired) electrons. The van der Waals surface area contributed by atoms with Gasteiger partial charge in [0.05, 0.1) is 16.8 Å². The zero-order chi connectivity index (χ0) is 20.4. The molecule has 0 saturated carbocycles. The molecule has 1 amide bonds. The summed E-state index contributed by atoms with van der Waals surface area (Å²) in [7, 11) is 2.95. The number of thioether (sulfide) groups is 1. The fourth-order valence-electron chi connectivity index (χ4n) is 2.84. The van der Waals surface area contributed by atoms with E-state index in [1.54, 1.807) is 19.3 Å². The number of nitrogens with zero attached hydrogens (tertiary/aromatic N) is 3. The van der Waals surface area contributed by atoms with Gasteiger partial charge in [0.2, 0.25) is 5.91 Å². The lowest BCUT2D eigenvalue weighted by molar-refractivity contribution is -0.113. The van der Waals surface area contributed by atoms with E-state index in [1.165, 1.54) is 41.6 Å². The van der Waals surface area contributed by atoms with Crippen LogP contribution in [0.3, 0.4) is 0 Å². The van der Waals surface area contributed by atoms with Gasteiger partial charge in [0.15, 0.2) is 0 Å². The van der Waals surface area contributed by atoms with Crippen molar-refractivity contribution in [1.29, 1.82) is 0 Å². The van der Waals surface area contributed by atoms with Gasteiger partial charge in [0, 0.05) is 25.2 Å². The molecule has 146 valence electrons. The predicted octanol–water partition coefficient (Wildman–Crippen LogP) is 2.06. The van der Waals surface area contributed by atoms with Crippen LogP contribution in [0.4, 0.5) is 10.1 Å². The second kappa shape index (κ2) is 7.97. The van der Waals surface area contributed by atoms with E-state index in [-0.39, 0.29) is 17.1 Å². The summed E-state index contributed by atoms with van der Waals surface area (Å²) in [6.45, 7) is 1.92. The van der Waals surface area contributed by atoms with Crippen LogP contribution in [0, 0.1) is 5.82 Å². The molecule has 2 aromatic heterocycles. The number of amides is 1. The Kier molecular flexibility index (Phi) is 5.64. The zero-order valence-corrected chi connectivity index (χ0v) is 16.5. The molecule has 3 aromatic rings. The molecular weight excluding hydrogens is 383 g/mol. The van der Waals surface area contributed by atoms with Crippen molar-refractivity contribution in [2.45, 2.75) is 18.2 Å². The summed E-state index contributed by atoms with van der Waals surface area (Å²) in [5, 5.41) is 2.82. The molecule has 3 rings (SSSR count). The Morgan fingerprint density at radius 1 is 1.21 bits per heavy atom. The van der Waals surface area contributed by atoms with Gasteiger partial charge in [-0.1, -0.05) is 19.1 Å². The molecule has 0 bridgehead atoms. The van der Waals surface area contributed by atoms with Crippen molar-refractivity contribution in [2.24, 2.45) is 14.1 Å². The monoisotopic (exact) mass is 402 g/mol.